The Morgan fingerprint density at radius 3 is 2.43 bits per heavy atom. The molecule has 0 spiro atoms. The Hall–Kier alpha value is -2.20. The smallest absolute Gasteiger partial charge is 0.159 e. The number of rotatable bonds is 4. The van der Waals surface area contributed by atoms with Crippen LogP contribution in [0.2, 0.25) is 5.15 Å². The minimum atomic E-state index is -0.221. The fraction of sp³-hybridized carbons (Fsp3) is 0.125. The first-order valence-corrected chi connectivity index (χ1v) is 7.01. The van der Waals surface area contributed by atoms with Gasteiger partial charge in [0.05, 0.1) is 0 Å². The van der Waals surface area contributed by atoms with E-state index in [9.17, 15) is 4.39 Å². The molecule has 21 heavy (non-hydrogen) atoms. The van der Waals surface area contributed by atoms with Gasteiger partial charge in [0.2, 0.25) is 0 Å². The van der Waals surface area contributed by atoms with Crippen LogP contribution in [-0.2, 0) is 6.42 Å². The summed E-state index contributed by atoms with van der Waals surface area (Å²) >= 11 is 6.04. The Bertz CT molecular complexity index is 759. The Morgan fingerprint density at radius 1 is 0.952 bits per heavy atom. The molecule has 3 aromatic rings. The summed E-state index contributed by atoms with van der Waals surface area (Å²) in [4.78, 5) is 0. The van der Waals surface area contributed by atoms with Gasteiger partial charge >= 0.3 is 0 Å². The third-order valence-corrected chi connectivity index (χ3v) is 3.54. The summed E-state index contributed by atoms with van der Waals surface area (Å²) in [6.45, 7) is 0.686. The highest BCUT2D eigenvalue weighted by Gasteiger charge is 2.06. The van der Waals surface area contributed by atoms with E-state index < -0.39 is 0 Å². The van der Waals surface area contributed by atoms with Gasteiger partial charge < -0.3 is 5.32 Å². The van der Waals surface area contributed by atoms with Crippen molar-refractivity contribution < 1.29 is 4.39 Å². The number of hydrogen-bond donors (Lipinski definition) is 1. The summed E-state index contributed by atoms with van der Waals surface area (Å²) in [7, 11) is 0. The van der Waals surface area contributed by atoms with Gasteiger partial charge in [0.25, 0.3) is 0 Å². The molecule has 2 aromatic carbocycles. The van der Waals surface area contributed by atoms with Crippen molar-refractivity contribution in [2.45, 2.75) is 6.42 Å². The molecule has 5 heteroatoms. The Morgan fingerprint density at radius 2 is 1.67 bits per heavy atom. The first-order valence-electron chi connectivity index (χ1n) is 6.63. The van der Waals surface area contributed by atoms with Gasteiger partial charge in [-0.15, -0.1) is 10.2 Å². The van der Waals surface area contributed by atoms with Crippen LogP contribution in [0.5, 0.6) is 0 Å². The third-order valence-electron chi connectivity index (χ3n) is 3.26. The second kappa shape index (κ2) is 6.06. The van der Waals surface area contributed by atoms with Crippen molar-refractivity contribution in [2.24, 2.45) is 0 Å². The van der Waals surface area contributed by atoms with E-state index >= 15 is 0 Å². The van der Waals surface area contributed by atoms with E-state index in [1.807, 2.05) is 24.3 Å². The molecule has 0 radical (unpaired) electrons. The standard InChI is InChI=1S/C16H13ClFN3/c17-15-13-3-1-2-4-14(13)16(21-20-15)19-10-9-11-5-7-12(18)8-6-11/h1-8H,9-10H2,(H,19,21). The zero-order valence-electron chi connectivity index (χ0n) is 11.2. The highest BCUT2D eigenvalue weighted by molar-refractivity contribution is 6.34. The van der Waals surface area contributed by atoms with Gasteiger partial charge in [-0.05, 0) is 24.1 Å². The largest absolute Gasteiger partial charge is 0.368 e. The molecular formula is C16H13ClFN3. The lowest BCUT2D eigenvalue weighted by molar-refractivity contribution is 0.627. The average molecular weight is 302 g/mol. The molecule has 0 atom stereocenters. The predicted octanol–water partition coefficient (Wildman–Crippen LogP) is 4.08. The number of nitrogens with one attached hydrogen (secondary N) is 1. The summed E-state index contributed by atoms with van der Waals surface area (Å²) in [5.41, 5.74) is 1.06. The molecule has 0 unspecified atom stereocenters. The summed E-state index contributed by atoms with van der Waals surface area (Å²) in [5, 5.41) is 13.5. The van der Waals surface area contributed by atoms with E-state index in [1.54, 1.807) is 12.1 Å². The van der Waals surface area contributed by atoms with E-state index in [1.165, 1.54) is 12.1 Å². The number of hydrogen-bond acceptors (Lipinski definition) is 3. The maximum absolute atomic E-state index is 12.8. The van der Waals surface area contributed by atoms with Gasteiger partial charge in [0, 0.05) is 17.3 Å². The van der Waals surface area contributed by atoms with E-state index in [0.717, 1.165) is 22.8 Å². The number of nitrogens with zero attached hydrogens (tertiary/aromatic N) is 2. The molecular weight excluding hydrogens is 289 g/mol. The minimum Gasteiger partial charge on any atom is -0.368 e. The van der Waals surface area contributed by atoms with Crippen molar-refractivity contribution in [1.82, 2.24) is 10.2 Å². The molecule has 106 valence electrons. The molecule has 1 aromatic heterocycles. The van der Waals surface area contributed by atoms with Crippen LogP contribution in [0.3, 0.4) is 0 Å². The van der Waals surface area contributed by atoms with Crippen molar-refractivity contribution in [3.05, 3.63) is 65.1 Å². The summed E-state index contributed by atoms with van der Waals surface area (Å²) in [6, 6.07) is 14.2. The molecule has 0 saturated carbocycles. The minimum absolute atomic E-state index is 0.221. The molecule has 3 rings (SSSR count). The third kappa shape index (κ3) is 3.11. The van der Waals surface area contributed by atoms with Crippen LogP contribution in [0, 0.1) is 5.82 Å². The van der Waals surface area contributed by atoms with E-state index in [2.05, 4.69) is 15.5 Å². The van der Waals surface area contributed by atoms with Gasteiger partial charge in [-0.25, -0.2) is 4.39 Å². The average Bonchev–Trinajstić information content (AvgIpc) is 2.52. The number of aromatic nitrogens is 2. The second-order valence-corrected chi connectivity index (χ2v) is 5.05. The molecule has 0 fully saturated rings. The van der Waals surface area contributed by atoms with Crippen molar-refractivity contribution in [2.75, 3.05) is 11.9 Å². The molecule has 0 saturated heterocycles. The lowest BCUT2D eigenvalue weighted by Gasteiger charge is -2.08. The molecule has 0 amide bonds. The number of anilines is 1. The molecule has 0 aliphatic heterocycles. The quantitative estimate of drug-likeness (QED) is 0.789. The SMILES string of the molecule is Fc1ccc(CCNc2nnc(Cl)c3ccccc23)cc1. The maximum atomic E-state index is 12.8. The summed E-state index contributed by atoms with van der Waals surface area (Å²) < 4.78 is 12.8. The van der Waals surface area contributed by atoms with Crippen LogP contribution < -0.4 is 5.32 Å². The van der Waals surface area contributed by atoms with Crippen LogP contribution in [0.4, 0.5) is 10.2 Å². The van der Waals surface area contributed by atoms with Crippen LogP contribution in [0.25, 0.3) is 10.8 Å². The Balaban J connectivity index is 1.74. The second-order valence-electron chi connectivity index (χ2n) is 4.69. The van der Waals surface area contributed by atoms with Crippen molar-refractivity contribution in [3.8, 4) is 0 Å². The molecule has 1 heterocycles. The number of fused-ring (bicyclic) bond motifs is 1. The molecule has 1 N–H and O–H groups in total. The van der Waals surface area contributed by atoms with Gasteiger partial charge in [0.15, 0.2) is 11.0 Å². The van der Waals surface area contributed by atoms with Gasteiger partial charge in [-0.3, -0.25) is 0 Å². The normalized spacial score (nSPS) is 10.8. The fourth-order valence-corrected chi connectivity index (χ4v) is 2.38. The molecule has 0 aliphatic rings. The first kappa shape index (κ1) is 13.8. The highest BCUT2D eigenvalue weighted by Crippen LogP contribution is 2.25. The zero-order chi connectivity index (χ0) is 14.7. The fourth-order valence-electron chi connectivity index (χ4n) is 2.18. The monoisotopic (exact) mass is 301 g/mol. The summed E-state index contributed by atoms with van der Waals surface area (Å²) in [6.07, 6.45) is 0.777. The number of benzene rings is 2. The van der Waals surface area contributed by atoms with E-state index in [-0.39, 0.29) is 5.82 Å². The van der Waals surface area contributed by atoms with Crippen molar-refractivity contribution in [3.63, 3.8) is 0 Å². The molecule has 3 nitrogen and oxygen atoms in total. The Kier molecular flexibility index (Phi) is 3.97. The van der Waals surface area contributed by atoms with Crippen molar-refractivity contribution >= 4 is 28.2 Å². The van der Waals surface area contributed by atoms with Gasteiger partial charge in [-0.2, -0.15) is 0 Å². The zero-order valence-corrected chi connectivity index (χ0v) is 11.9. The molecule has 0 aliphatic carbocycles. The van der Waals surface area contributed by atoms with Gasteiger partial charge in [0.1, 0.15) is 5.82 Å². The van der Waals surface area contributed by atoms with Crippen LogP contribution in [0.1, 0.15) is 5.56 Å². The van der Waals surface area contributed by atoms with Crippen molar-refractivity contribution in [1.29, 1.82) is 0 Å². The first-order chi connectivity index (χ1) is 10.2. The van der Waals surface area contributed by atoms with E-state index in [0.29, 0.717) is 17.5 Å². The van der Waals surface area contributed by atoms with Crippen LogP contribution >= 0.6 is 11.6 Å². The maximum Gasteiger partial charge on any atom is 0.159 e. The van der Waals surface area contributed by atoms with Crippen LogP contribution in [0.15, 0.2) is 48.5 Å². The topological polar surface area (TPSA) is 37.8 Å². The predicted molar refractivity (Wildman–Crippen MR) is 83.1 cm³/mol. The van der Waals surface area contributed by atoms with E-state index in [4.69, 9.17) is 11.6 Å². The number of halogens is 2. The van der Waals surface area contributed by atoms with Crippen LogP contribution in [-0.4, -0.2) is 16.7 Å². The Labute approximate surface area is 126 Å². The highest BCUT2D eigenvalue weighted by atomic mass is 35.5. The molecule has 0 bridgehead atoms. The summed E-state index contributed by atoms with van der Waals surface area (Å²) in [5.74, 6) is 0.485. The lowest BCUT2D eigenvalue weighted by atomic mass is 10.1. The van der Waals surface area contributed by atoms with Gasteiger partial charge in [-0.1, -0.05) is 48.0 Å². The lowest BCUT2D eigenvalue weighted by Crippen LogP contribution is -2.07.